The van der Waals surface area contributed by atoms with Crippen LogP contribution < -0.4 is 10.9 Å². The summed E-state index contributed by atoms with van der Waals surface area (Å²) in [5, 5.41) is 2.70. The molecule has 0 saturated heterocycles. The molecule has 0 aliphatic heterocycles. The predicted molar refractivity (Wildman–Crippen MR) is 132 cm³/mol. The summed E-state index contributed by atoms with van der Waals surface area (Å²) in [6, 6.07) is 17.2. The third-order valence-corrected chi connectivity index (χ3v) is 6.44. The quantitative estimate of drug-likeness (QED) is 0.276. The maximum Gasteiger partial charge on any atom is 0.266 e. The van der Waals surface area contributed by atoms with Crippen LogP contribution in [-0.4, -0.2) is 20.7 Å². The monoisotopic (exact) mass is 479 g/mol. The molecule has 0 spiro atoms. The SMILES string of the molecule is CC(Sc1nc2ccccc2c(=O)n1-c1ccc(F)cc1F)C(=O)Nc1ccccc1C(C)C. The summed E-state index contributed by atoms with van der Waals surface area (Å²) in [4.78, 5) is 30.9. The van der Waals surface area contributed by atoms with Crippen molar-refractivity contribution in [1.29, 1.82) is 0 Å². The fourth-order valence-electron chi connectivity index (χ4n) is 3.63. The molecule has 8 heteroatoms. The highest BCUT2D eigenvalue weighted by Gasteiger charge is 2.22. The first-order valence-electron chi connectivity index (χ1n) is 10.8. The van der Waals surface area contributed by atoms with Gasteiger partial charge in [-0.25, -0.2) is 13.8 Å². The largest absolute Gasteiger partial charge is 0.325 e. The van der Waals surface area contributed by atoms with Gasteiger partial charge >= 0.3 is 0 Å². The number of halogens is 2. The first kappa shape index (κ1) is 23.6. The second-order valence-corrected chi connectivity index (χ2v) is 9.45. The molecule has 1 aromatic heterocycles. The molecule has 174 valence electrons. The Hall–Kier alpha value is -3.52. The first-order valence-corrected chi connectivity index (χ1v) is 11.7. The van der Waals surface area contributed by atoms with Crippen molar-refractivity contribution >= 4 is 34.3 Å². The van der Waals surface area contributed by atoms with Crippen molar-refractivity contribution in [3.05, 3.63) is 94.3 Å². The molecule has 1 heterocycles. The Morgan fingerprint density at radius 3 is 2.44 bits per heavy atom. The number of carbonyl (C=O) groups excluding carboxylic acids is 1. The number of thioether (sulfide) groups is 1. The number of hydrogen-bond donors (Lipinski definition) is 1. The number of amides is 1. The lowest BCUT2D eigenvalue weighted by Gasteiger charge is -2.18. The number of nitrogens with zero attached hydrogens (tertiary/aromatic N) is 2. The summed E-state index contributed by atoms with van der Waals surface area (Å²) in [6.07, 6.45) is 0. The van der Waals surface area contributed by atoms with Gasteiger partial charge in [-0.1, -0.05) is 55.9 Å². The average molecular weight is 480 g/mol. The van der Waals surface area contributed by atoms with Crippen molar-refractivity contribution in [3.8, 4) is 5.69 Å². The maximum absolute atomic E-state index is 14.7. The van der Waals surface area contributed by atoms with E-state index in [0.717, 1.165) is 28.0 Å². The smallest absolute Gasteiger partial charge is 0.266 e. The van der Waals surface area contributed by atoms with Crippen molar-refractivity contribution < 1.29 is 13.6 Å². The van der Waals surface area contributed by atoms with Gasteiger partial charge in [0.05, 0.1) is 21.8 Å². The van der Waals surface area contributed by atoms with Gasteiger partial charge in [0.25, 0.3) is 5.56 Å². The maximum atomic E-state index is 14.7. The Morgan fingerprint density at radius 2 is 1.71 bits per heavy atom. The molecular formula is C26H23F2N3O2S. The molecule has 1 atom stereocenters. The van der Waals surface area contributed by atoms with Gasteiger partial charge in [-0.2, -0.15) is 0 Å². The minimum Gasteiger partial charge on any atom is -0.325 e. The number of benzene rings is 3. The highest BCUT2D eigenvalue weighted by molar-refractivity contribution is 8.00. The minimum atomic E-state index is -0.899. The van der Waals surface area contributed by atoms with Gasteiger partial charge in [-0.3, -0.25) is 14.2 Å². The normalized spacial score (nSPS) is 12.2. The van der Waals surface area contributed by atoms with Crippen LogP contribution in [-0.2, 0) is 4.79 Å². The van der Waals surface area contributed by atoms with E-state index in [9.17, 15) is 18.4 Å². The second-order valence-electron chi connectivity index (χ2n) is 8.14. The number of fused-ring (bicyclic) bond motifs is 1. The van der Waals surface area contributed by atoms with Crippen LogP contribution in [0.25, 0.3) is 16.6 Å². The predicted octanol–water partition coefficient (Wildman–Crippen LogP) is 5.91. The van der Waals surface area contributed by atoms with E-state index in [1.807, 2.05) is 38.1 Å². The number of anilines is 1. The highest BCUT2D eigenvalue weighted by atomic mass is 32.2. The number of para-hydroxylation sites is 2. The van der Waals surface area contributed by atoms with Gasteiger partial charge in [-0.05, 0) is 48.7 Å². The molecule has 1 unspecified atom stereocenters. The van der Waals surface area contributed by atoms with E-state index in [0.29, 0.717) is 22.7 Å². The standard InChI is InChI=1S/C26H23F2N3O2S/c1-15(2)18-8-4-6-10-21(18)29-24(32)16(3)34-26-30-22-11-7-5-9-19(22)25(33)31(26)23-13-12-17(27)14-20(23)28/h4-16H,1-3H3,(H,29,32). The molecule has 0 bridgehead atoms. The molecule has 0 aliphatic carbocycles. The van der Waals surface area contributed by atoms with Crippen LogP contribution in [0.2, 0.25) is 0 Å². The van der Waals surface area contributed by atoms with Crippen molar-refractivity contribution in [3.63, 3.8) is 0 Å². The number of rotatable bonds is 6. The van der Waals surface area contributed by atoms with Gasteiger partial charge in [0.1, 0.15) is 11.6 Å². The molecule has 34 heavy (non-hydrogen) atoms. The number of carbonyl (C=O) groups is 1. The Morgan fingerprint density at radius 1 is 1.00 bits per heavy atom. The fraction of sp³-hybridized carbons (Fsp3) is 0.192. The molecule has 1 N–H and O–H groups in total. The summed E-state index contributed by atoms with van der Waals surface area (Å²) in [7, 11) is 0. The van der Waals surface area contributed by atoms with Crippen molar-refractivity contribution in [2.24, 2.45) is 0 Å². The summed E-state index contributed by atoms with van der Waals surface area (Å²) in [6.45, 7) is 5.76. The average Bonchev–Trinajstić information content (AvgIpc) is 2.80. The number of hydrogen-bond acceptors (Lipinski definition) is 4. The lowest BCUT2D eigenvalue weighted by Crippen LogP contribution is -2.27. The van der Waals surface area contributed by atoms with Crippen molar-refractivity contribution in [2.75, 3.05) is 5.32 Å². The van der Waals surface area contributed by atoms with E-state index < -0.39 is 22.4 Å². The molecule has 1 amide bonds. The molecule has 0 saturated carbocycles. The van der Waals surface area contributed by atoms with Crippen LogP contribution in [0.15, 0.2) is 76.7 Å². The van der Waals surface area contributed by atoms with Crippen LogP contribution >= 0.6 is 11.8 Å². The number of nitrogens with one attached hydrogen (secondary N) is 1. The molecule has 4 rings (SSSR count). The lowest BCUT2D eigenvalue weighted by atomic mass is 10.0. The molecule has 3 aromatic carbocycles. The molecule has 0 radical (unpaired) electrons. The molecule has 5 nitrogen and oxygen atoms in total. The summed E-state index contributed by atoms with van der Waals surface area (Å²) >= 11 is 1.03. The third-order valence-electron chi connectivity index (χ3n) is 5.39. The van der Waals surface area contributed by atoms with Crippen LogP contribution in [0.3, 0.4) is 0 Å². The van der Waals surface area contributed by atoms with Crippen molar-refractivity contribution in [1.82, 2.24) is 9.55 Å². The molecule has 0 fully saturated rings. The lowest BCUT2D eigenvalue weighted by molar-refractivity contribution is -0.115. The molecule has 0 aliphatic rings. The third kappa shape index (κ3) is 4.72. The zero-order valence-electron chi connectivity index (χ0n) is 18.9. The van der Waals surface area contributed by atoms with E-state index in [2.05, 4.69) is 10.3 Å². The van der Waals surface area contributed by atoms with Crippen molar-refractivity contribution in [2.45, 2.75) is 37.1 Å². The van der Waals surface area contributed by atoms with Gasteiger partial charge in [0, 0.05) is 11.8 Å². The van der Waals surface area contributed by atoms with Crippen LogP contribution in [0, 0.1) is 11.6 Å². The van der Waals surface area contributed by atoms with Crippen LogP contribution in [0.4, 0.5) is 14.5 Å². The van der Waals surface area contributed by atoms with Gasteiger partial charge < -0.3 is 5.32 Å². The topological polar surface area (TPSA) is 64.0 Å². The Kier molecular flexibility index (Phi) is 6.79. The van der Waals surface area contributed by atoms with Gasteiger partial charge in [0.2, 0.25) is 5.91 Å². The van der Waals surface area contributed by atoms with Gasteiger partial charge in [0.15, 0.2) is 5.16 Å². The van der Waals surface area contributed by atoms with Crippen LogP contribution in [0.1, 0.15) is 32.3 Å². The Bertz CT molecular complexity index is 1440. The summed E-state index contributed by atoms with van der Waals surface area (Å²) in [5.74, 6) is -1.72. The van der Waals surface area contributed by atoms with Crippen LogP contribution in [0.5, 0.6) is 0 Å². The zero-order chi connectivity index (χ0) is 24.4. The molecule has 4 aromatic rings. The zero-order valence-corrected chi connectivity index (χ0v) is 19.7. The van der Waals surface area contributed by atoms with E-state index >= 15 is 0 Å². The Labute approximate surface area is 199 Å². The van der Waals surface area contributed by atoms with E-state index in [4.69, 9.17) is 0 Å². The van der Waals surface area contributed by atoms with Gasteiger partial charge in [-0.15, -0.1) is 0 Å². The van der Waals surface area contributed by atoms with E-state index in [1.165, 1.54) is 6.07 Å². The second kappa shape index (κ2) is 9.77. The summed E-state index contributed by atoms with van der Waals surface area (Å²) < 4.78 is 29.3. The number of aromatic nitrogens is 2. The Balaban J connectivity index is 1.74. The highest BCUT2D eigenvalue weighted by Crippen LogP contribution is 2.29. The van der Waals surface area contributed by atoms with E-state index in [-0.39, 0.29) is 22.7 Å². The fourth-order valence-corrected chi connectivity index (χ4v) is 4.55. The van der Waals surface area contributed by atoms with E-state index in [1.54, 1.807) is 31.2 Å². The minimum absolute atomic E-state index is 0.133. The molecular weight excluding hydrogens is 456 g/mol. The first-order chi connectivity index (χ1) is 16.3. The summed E-state index contributed by atoms with van der Waals surface area (Å²) in [5.41, 5.74) is 1.50.